The molecule has 18 heavy (non-hydrogen) atoms. The first-order valence-corrected chi connectivity index (χ1v) is 7.36. The van der Waals surface area contributed by atoms with Crippen LogP contribution in [0.25, 0.3) is 0 Å². The van der Waals surface area contributed by atoms with Crippen LogP contribution in [0.2, 0.25) is 5.02 Å². The fraction of sp³-hybridized carbons (Fsp3) is 0.308. The van der Waals surface area contributed by atoms with Crippen LogP contribution in [0, 0.1) is 6.92 Å². The fourth-order valence-corrected chi connectivity index (χ4v) is 2.86. The van der Waals surface area contributed by atoms with Crippen LogP contribution < -0.4 is 4.90 Å². The monoisotopic (exact) mass is 300 g/mol. The van der Waals surface area contributed by atoms with Crippen LogP contribution in [0.15, 0.2) is 23.6 Å². The van der Waals surface area contributed by atoms with Crippen molar-refractivity contribution in [2.75, 3.05) is 11.9 Å². The molecule has 1 aromatic heterocycles. The molecule has 1 aromatic carbocycles. The molecule has 5 heteroatoms. The van der Waals surface area contributed by atoms with E-state index in [2.05, 4.69) is 15.3 Å². The van der Waals surface area contributed by atoms with E-state index in [1.165, 1.54) is 0 Å². The van der Waals surface area contributed by atoms with Crippen molar-refractivity contribution in [1.82, 2.24) is 4.98 Å². The number of hydrogen-bond donors (Lipinski definition) is 0. The molecule has 0 unspecified atom stereocenters. The van der Waals surface area contributed by atoms with Gasteiger partial charge in [0.1, 0.15) is 0 Å². The SMILES string of the molecule is Cc1nc(CN(C)c2ccc(Cl)cc2CCl)cs1. The van der Waals surface area contributed by atoms with Gasteiger partial charge >= 0.3 is 0 Å². The van der Waals surface area contributed by atoms with Gasteiger partial charge in [0.05, 0.1) is 17.2 Å². The van der Waals surface area contributed by atoms with Crippen molar-refractivity contribution in [2.45, 2.75) is 19.3 Å². The van der Waals surface area contributed by atoms with Crippen LogP contribution in [0.5, 0.6) is 0 Å². The van der Waals surface area contributed by atoms with Crippen LogP contribution in [-0.4, -0.2) is 12.0 Å². The van der Waals surface area contributed by atoms with Gasteiger partial charge < -0.3 is 4.90 Å². The predicted molar refractivity (Wildman–Crippen MR) is 80.0 cm³/mol. The second kappa shape index (κ2) is 5.91. The summed E-state index contributed by atoms with van der Waals surface area (Å²) < 4.78 is 0. The Bertz CT molecular complexity index is 540. The summed E-state index contributed by atoms with van der Waals surface area (Å²) in [5.74, 6) is 0.455. The quantitative estimate of drug-likeness (QED) is 0.774. The summed E-state index contributed by atoms with van der Waals surface area (Å²) in [7, 11) is 2.04. The molecule has 0 aliphatic heterocycles. The summed E-state index contributed by atoms with van der Waals surface area (Å²) in [5.41, 5.74) is 3.22. The molecule has 0 aliphatic carbocycles. The number of anilines is 1. The molecule has 96 valence electrons. The van der Waals surface area contributed by atoms with E-state index < -0.39 is 0 Å². The highest BCUT2D eigenvalue weighted by Gasteiger charge is 2.09. The van der Waals surface area contributed by atoms with Gasteiger partial charge in [-0.15, -0.1) is 22.9 Å². The Morgan fingerprint density at radius 1 is 1.39 bits per heavy atom. The molecule has 2 nitrogen and oxygen atoms in total. The smallest absolute Gasteiger partial charge is 0.0898 e. The van der Waals surface area contributed by atoms with Crippen molar-refractivity contribution in [3.63, 3.8) is 0 Å². The summed E-state index contributed by atoms with van der Waals surface area (Å²) in [6.45, 7) is 2.79. The van der Waals surface area contributed by atoms with Crippen LogP contribution in [-0.2, 0) is 12.4 Å². The number of nitrogens with zero attached hydrogens (tertiary/aromatic N) is 2. The highest BCUT2D eigenvalue weighted by atomic mass is 35.5. The van der Waals surface area contributed by atoms with Crippen molar-refractivity contribution in [3.05, 3.63) is 44.9 Å². The third kappa shape index (κ3) is 3.16. The number of aromatic nitrogens is 1. The second-order valence-electron chi connectivity index (χ2n) is 4.12. The number of rotatable bonds is 4. The van der Waals surface area contributed by atoms with Crippen molar-refractivity contribution < 1.29 is 0 Å². The Morgan fingerprint density at radius 3 is 2.78 bits per heavy atom. The van der Waals surface area contributed by atoms with Crippen LogP contribution in [0.3, 0.4) is 0 Å². The van der Waals surface area contributed by atoms with Crippen molar-refractivity contribution in [2.24, 2.45) is 0 Å². The normalized spacial score (nSPS) is 10.7. The Morgan fingerprint density at radius 2 is 2.17 bits per heavy atom. The molecule has 0 spiro atoms. The lowest BCUT2D eigenvalue weighted by Gasteiger charge is -2.21. The van der Waals surface area contributed by atoms with E-state index >= 15 is 0 Å². The van der Waals surface area contributed by atoms with E-state index in [0.29, 0.717) is 10.9 Å². The maximum Gasteiger partial charge on any atom is 0.0898 e. The van der Waals surface area contributed by atoms with Gasteiger partial charge in [-0.05, 0) is 30.7 Å². The Hall–Kier alpha value is -0.770. The third-order valence-electron chi connectivity index (χ3n) is 2.66. The van der Waals surface area contributed by atoms with Gasteiger partial charge in [0.15, 0.2) is 0 Å². The Balaban J connectivity index is 2.20. The van der Waals surface area contributed by atoms with Crippen molar-refractivity contribution in [1.29, 1.82) is 0 Å². The molecular weight excluding hydrogens is 287 g/mol. The Kier molecular flexibility index (Phi) is 4.49. The summed E-state index contributed by atoms with van der Waals surface area (Å²) >= 11 is 13.6. The van der Waals surface area contributed by atoms with Gasteiger partial charge in [0, 0.05) is 29.0 Å². The molecule has 0 bridgehead atoms. The summed E-state index contributed by atoms with van der Waals surface area (Å²) in [6, 6.07) is 5.79. The zero-order chi connectivity index (χ0) is 13.1. The molecule has 0 N–H and O–H groups in total. The minimum atomic E-state index is 0.455. The largest absolute Gasteiger partial charge is 0.368 e. The van der Waals surface area contributed by atoms with Gasteiger partial charge in [-0.3, -0.25) is 0 Å². The molecule has 0 aliphatic rings. The summed E-state index contributed by atoms with van der Waals surface area (Å²) in [4.78, 5) is 6.61. The number of thiazole rings is 1. The lowest BCUT2D eigenvalue weighted by molar-refractivity contribution is 0.885. The number of aryl methyl sites for hydroxylation is 1. The van der Waals surface area contributed by atoms with Crippen molar-refractivity contribution in [3.8, 4) is 0 Å². The summed E-state index contributed by atoms with van der Waals surface area (Å²) in [6.07, 6.45) is 0. The maximum atomic E-state index is 5.98. The number of hydrogen-bond acceptors (Lipinski definition) is 3. The summed E-state index contributed by atoms with van der Waals surface area (Å²) in [5, 5.41) is 3.89. The molecule has 0 radical (unpaired) electrons. The van der Waals surface area contributed by atoms with Gasteiger partial charge in [0.2, 0.25) is 0 Å². The minimum Gasteiger partial charge on any atom is -0.368 e. The highest BCUT2D eigenvalue weighted by Crippen LogP contribution is 2.26. The molecule has 0 fully saturated rings. The van der Waals surface area contributed by atoms with E-state index in [0.717, 1.165) is 28.5 Å². The van der Waals surface area contributed by atoms with Crippen LogP contribution >= 0.6 is 34.5 Å². The number of benzene rings is 1. The van der Waals surface area contributed by atoms with Gasteiger partial charge in [-0.25, -0.2) is 4.98 Å². The molecule has 0 saturated heterocycles. The standard InChI is InChI=1S/C13H14Cl2N2S/c1-9-16-12(8-18-9)7-17(2)13-4-3-11(15)5-10(13)6-14/h3-5,8H,6-7H2,1-2H3. The van der Waals surface area contributed by atoms with Crippen LogP contribution in [0.4, 0.5) is 5.69 Å². The lowest BCUT2D eigenvalue weighted by atomic mass is 10.2. The van der Waals surface area contributed by atoms with E-state index in [9.17, 15) is 0 Å². The van der Waals surface area contributed by atoms with E-state index in [4.69, 9.17) is 23.2 Å². The zero-order valence-electron chi connectivity index (χ0n) is 10.3. The molecule has 2 rings (SSSR count). The fourth-order valence-electron chi connectivity index (χ4n) is 1.84. The third-order valence-corrected chi connectivity index (χ3v) is 4.01. The van der Waals surface area contributed by atoms with Gasteiger partial charge in [0.25, 0.3) is 0 Å². The number of alkyl halides is 1. The van der Waals surface area contributed by atoms with E-state index in [-0.39, 0.29) is 0 Å². The predicted octanol–water partition coefficient (Wildman–Crippen LogP) is 4.48. The topological polar surface area (TPSA) is 16.1 Å². The first-order chi connectivity index (χ1) is 8.60. The molecule has 0 atom stereocenters. The van der Waals surface area contributed by atoms with Gasteiger partial charge in [-0.1, -0.05) is 11.6 Å². The molecule has 2 aromatic rings. The first kappa shape index (κ1) is 13.7. The zero-order valence-corrected chi connectivity index (χ0v) is 12.6. The van der Waals surface area contributed by atoms with Crippen molar-refractivity contribution >= 4 is 40.2 Å². The molecular formula is C13H14Cl2N2S. The molecule has 0 saturated carbocycles. The van der Waals surface area contributed by atoms with Gasteiger partial charge in [-0.2, -0.15) is 0 Å². The highest BCUT2D eigenvalue weighted by molar-refractivity contribution is 7.09. The molecule has 1 heterocycles. The lowest BCUT2D eigenvalue weighted by Crippen LogP contribution is -2.18. The van der Waals surface area contributed by atoms with Crippen LogP contribution in [0.1, 0.15) is 16.3 Å². The second-order valence-corrected chi connectivity index (χ2v) is 5.89. The maximum absolute atomic E-state index is 5.98. The van der Waals surface area contributed by atoms with E-state index in [1.807, 2.05) is 32.2 Å². The minimum absolute atomic E-state index is 0.455. The average molecular weight is 301 g/mol. The number of halogens is 2. The van der Waals surface area contributed by atoms with E-state index in [1.54, 1.807) is 11.3 Å². The first-order valence-electron chi connectivity index (χ1n) is 5.56. The average Bonchev–Trinajstić information content (AvgIpc) is 2.74. The molecule has 0 amide bonds. The Labute approximate surface area is 121 Å².